The predicted octanol–water partition coefficient (Wildman–Crippen LogP) is 1.24. The van der Waals surface area contributed by atoms with Crippen molar-refractivity contribution in [1.82, 2.24) is 4.98 Å². The van der Waals surface area contributed by atoms with E-state index in [0.29, 0.717) is 6.61 Å². The van der Waals surface area contributed by atoms with Gasteiger partial charge in [0.05, 0.1) is 19.4 Å². The van der Waals surface area contributed by atoms with Crippen LogP contribution in [0.25, 0.3) is 0 Å². The fraction of sp³-hybridized carbons (Fsp3) is 0.375. The van der Waals surface area contributed by atoms with Gasteiger partial charge in [0.1, 0.15) is 5.75 Å². The summed E-state index contributed by atoms with van der Waals surface area (Å²) < 4.78 is 9.91. The van der Waals surface area contributed by atoms with E-state index in [4.69, 9.17) is 9.47 Å². The Morgan fingerprint density at radius 1 is 1.45 bits per heavy atom. The summed E-state index contributed by atoms with van der Waals surface area (Å²) in [5.74, 6) is 0.812. The van der Waals surface area contributed by atoms with E-state index in [1.807, 2.05) is 6.07 Å². The van der Waals surface area contributed by atoms with Gasteiger partial charge in [0.2, 0.25) is 0 Å². The Hall–Kier alpha value is -1.09. The predicted molar refractivity (Wildman–Crippen MR) is 41.5 cm³/mol. The van der Waals surface area contributed by atoms with E-state index in [-0.39, 0.29) is 0 Å². The summed E-state index contributed by atoms with van der Waals surface area (Å²) in [5, 5.41) is 0. The summed E-state index contributed by atoms with van der Waals surface area (Å²) in [4.78, 5) is 4.07. The second-order valence-corrected chi connectivity index (χ2v) is 2.12. The summed E-state index contributed by atoms with van der Waals surface area (Å²) in [5.41, 5.74) is 0.881. The van der Waals surface area contributed by atoms with Crippen molar-refractivity contribution >= 4 is 0 Å². The maximum atomic E-state index is 5.01. The lowest BCUT2D eigenvalue weighted by Crippen LogP contribution is -1.92. The normalized spacial score (nSPS) is 9.64. The Balaban J connectivity index is 2.74. The highest BCUT2D eigenvalue weighted by molar-refractivity contribution is 5.21. The van der Waals surface area contributed by atoms with Crippen LogP contribution >= 0.6 is 0 Å². The Bertz CT molecular complexity index is 225. The molecule has 1 aromatic rings. The summed E-state index contributed by atoms with van der Waals surface area (Å²) >= 11 is 0. The SMILES string of the molecule is COCc1cc(OC)ccn1. The van der Waals surface area contributed by atoms with E-state index in [9.17, 15) is 0 Å². The molecule has 3 heteroatoms. The standard InChI is InChI=1S/C8H11NO2/c1-10-6-7-5-8(11-2)3-4-9-7/h3-5H,6H2,1-2H3. The molecule has 0 saturated carbocycles. The third kappa shape index (κ3) is 2.20. The number of ether oxygens (including phenoxy) is 2. The molecule has 0 aromatic carbocycles. The minimum Gasteiger partial charge on any atom is -0.497 e. The zero-order valence-corrected chi connectivity index (χ0v) is 6.70. The first-order valence-electron chi connectivity index (χ1n) is 3.34. The zero-order valence-electron chi connectivity index (χ0n) is 6.70. The summed E-state index contributed by atoms with van der Waals surface area (Å²) in [6.45, 7) is 0.525. The van der Waals surface area contributed by atoms with Crippen molar-refractivity contribution in [3.05, 3.63) is 24.0 Å². The minimum atomic E-state index is 0.525. The molecule has 0 amide bonds. The quantitative estimate of drug-likeness (QED) is 0.654. The van der Waals surface area contributed by atoms with Gasteiger partial charge in [0, 0.05) is 19.4 Å². The van der Waals surface area contributed by atoms with Crippen LogP contribution in [0.5, 0.6) is 5.75 Å². The minimum absolute atomic E-state index is 0.525. The molecule has 60 valence electrons. The highest BCUT2D eigenvalue weighted by Crippen LogP contribution is 2.09. The lowest BCUT2D eigenvalue weighted by molar-refractivity contribution is 0.181. The van der Waals surface area contributed by atoms with Crippen LogP contribution in [0, 0.1) is 0 Å². The van der Waals surface area contributed by atoms with Gasteiger partial charge in [0.15, 0.2) is 0 Å². The molecule has 1 heterocycles. The van der Waals surface area contributed by atoms with Gasteiger partial charge in [-0.1, -0.05) is 0 Å². The smallest absolute Gasteiger partial charge is 0.122 e. The van der Waals surface area contributed by atoms with Crippen LogP contribution in [-0.2, 0) is 11.3 Å². The molecule has 0 N–H and O–H groups in total. The number of rotatable bonds is 3. The van der Waals surface area contributed by atoms with E-state index >= 15 is 0 Å². The van der Waals surface area contributed by atoms with Crippen molar-refractivity contribution in [3.63, 3.8) is 0 Å². The molecule has 0 aliphatic heterocycles. The summed E-state index contributed by atoms with van der Waals surface area (Å²) in [6, 6.07) is 3.66. The van der Waals surface area contributed by atoms with Crippen molar-refractivity contribution in [3.8, 4) is 5.75 Å². The highest BCUT2D eigenvalue weighted by Gasteiger charge is 1.94. The first kappa shape index (κ1) is 8.01. The Labute approximate surface area is 66.0 Å². The van der Waals surface area contributed by atoms with Crippen molar-refractivity contribution in [2.45, 2.75) is 6.61 Å². The molecule has 0 fully saturated rings. The van der Waals surface area contributed by atoms with Gasteiger partial charge in [-0.2, -0.15) is 0 Å². The largest absolute Gasteiger partial charge is 0.497 e. The molecular formula is C8H11NO2. The highest BCUT2D eigenvalue weighted by atomic mass is 16.5. The fourth-order valence-corrected chi connectivity index (χ4v) is 0.810. The molecular weight excluding hydrogens is 142 g/mol. The average molecular weight is 153 g/mol. The molecule has 0 aliphatic carbocycles. The van der Waals surface area contributed by atoms with Gasteiger partial charge in [-0.3, -0.25) is 4.98 Å². The summed E-state index contributed by atoms with van der Waals surface area (Å²) in [6.07, 6.45) is 1.70. The number of hydrogen-bond donors (Lipinski definition) is 0. The molecule has 3 nitrogen and oxygen atoms in total. The molecule has 1 aromatic heterocycles. The molecule has 0 atom stereocenters. The Morgan fingerprint density at radius 2 is 2.27 bits per heavy atom. The van der Waals surface area contributed by atoms with Crippen LogP contribution < -0.4 is 4.74 Å². The molecule has 0 spiro atoms. The second kappa shape index (κ2) is 3.93. The molecule has 0 radical (unpaired) electrons. The molecule has 0 unspecified atom stereocenters. The lowest BCUT2D eigenvalue weighted by atomic mass is 10.3. The second-order valence-electron chi connectivity index (χ2n) is 2.12. The van der Waals surface area contributed by atoms with Gasteiger partial charge >= 0.3 is 0 Å². The number of nitrogens with zero attached hydrogens (tertiary/aromatic N) is 1. The maximum Gasteiger partial charge on any atom is 0.122 e. The maximum absolute atomic E-state index is 5.01. The monoisotopic (exact) mass is 153 g/mol. The average Bonchev–Trinajstić information content (AvgIpc) is 2.06. The van der Waals surface area contributed by atoms with Gasteiger partial charge in [-0.05, 0) is 6.07 Å². The first-order chi connectivity index (χ1) is 5.36. The summed E-state index contributed by atoms with van der Waals surface area (Å²) in [7, 11) is 3.27. The van der Waals surface area contributed by atoms with Crippen LogP contribution in [0.2, 0.25) is 0 Å². The van der Waals surface area contributed by atoms with Crippen molar-refractivity contribution in [1.29, 1.82) is 0 Å². The molecule has 1 rings (SSSR count). The van der Waals surface area contributed by atoms with Crippen molar-refractivity contribution in [2.24, 2.45) is 0 Å². The van der Waals surface area contributed by atoms with Crippen LogP contribution in [0.1, 0.15) is 5.69 Å². The van der Waals surface area contributed by atoms with E-state index in [0.717, 1.165) is 11.4 Å². The van der Waals surface area contributed by atoms with Crippen LogP contribution in [-0.4, -0.2) is 19.2 Å². The zero-order chi connectivity index (χ0) is 8.10. The van der Waals surface area contributed by atoms with E-state index in [1.54, 1.807) is 26.5 Å². The van der Waals surface area contributed by atoms with E-state index in [2.05, 4.69) is 4.98 Å². The first-order valence-corrected chi connectivity index (χ1v) is 3.34. The van der Waals surface area contributed by atoms with Gasteiger partial charge in [0.25, 0.3) is 0 Å². The number of methoxy groups -OCH3 is 2. The van der Waals surface area contributed by atoms with Gasteiger partial charge in [-0.25, -0.2) is 0 Å². The molecule has 0 saturated heterocycles. The Morgan fingerprint density at radius 3 is 2.91 bits per heavy atom. The van der Waals surface area contributed by atoms with Gasteiger partial charge in [-0.15, -0.1) is 0 Å². The topological polar surface area (TPSA) is 31.4 Å². The number of aromatic nitrogens is 1. The van der Waals surface area contributed by atoms with Crippen molar-refractivity contribution in [2.75, 3.05) is 14.2 Å². The molecule has 0 bridgehead atoms. The van der Waals surface area contributed by atoms with Crippen LogP contribution in [0.3, 0.4) is 0 Å². The van der Waals surface area contributed by atoms with Crippen molar-refractivity contribution < 1.29 is 9.47 Å². The Kier molecular flexibility index (Phi) is 2.86. The number of hydrogen-bond acceptors (Lipinski definition) is 3. The molecule has 11 heavy (non-hydrogen) atoms. The number of pyridine rings is 1. The van der Waals surface area contributed by atoms with E-state index < -0.39 is 0 Å². The third-order valence-corrected chi connectivity index (χ3v) is 1.32. The lowest BCUT2D eigenvalue weighted by Gasteiger charge is -2.01. The third-order valence-electron chi connectivity index (χ3n) is 1.32. The fourth-order valence-electron chi connectivity index (χ4n) is 0.810. The van der Waals surface area contributed by atoms with Crippen LogP contribution in [0.15, 0.2) is 18.3 Å². The van der Waals surface area contributed by atoms with E-state index in [1.165, 1.54) is 0 Å². The molecule has 0 aliphatic rings. The van der Waals surface area contributed by atoms with Gasteiger partial charge < -0.3 is 9.47 Å². The van der Waals surface area contributed by atoms with Crippen LogP contribution in [0.4, 0.5) is 0 Å².